The van der Waals surface area contributed by atoms with Crippen LogP contribution >= 0.6 is 0 Å². The first-order valence-corrected chi connectivity index (χ1v) is 8.90. The molecular weight excluding hydrogens is 338 g/mol. The number of rotatable bonds is 6. The standard InChI is InChI=1S/C16H16F2N2O3S/c1-24(22,23)20(15-8-7-13(17)11-14(15)18)10-9-19-16(21)12-5-3-2-4-6-12/h2-8,11H,9-10H2,1H3,(H,19,21). The molecule has 0 heterocycles. The fraction of sp³-hybridized carbons (Fsp3) is 0.188. The van der Waals surface area contributed by atoms with Crippen LogP contribution in [0.15, 0.2) is 48.5 Å². The number of nitrogens with zero attached hydrogens (tertiary/aromatic N) is 1. The Bertz CT molecular complexity index is 826. The van der Waals surface area contributed by atoms with E-state index in [2.05, 4.69) is 5.32 Å². The van der Waals surface area contributed by atoms with Crippen molar-refractivity contribution in [1.82, 2.24) is 5.32 Å². The van der Waals surface area contributed by atoms with Gasteiger partial charge < -0.3 is 5.32 Å². The first kappa shape index (κ1) is 17.9. The van der Waals surface area contributed by atoms with Crippen molar-refractivity contribution in [2.75, 3.05) is 23.7 Å². The number of carbonyl (C=O) groups is 1. The summed E-state index contributed by atoms with van der Waals surface area (Å²) in [6.07, 6.45) is 0.912. The molecule has 0 bridgehead atoms. The van der Waals surface area contributed by atoms with Gasteiger partial charge in [-0.25, -0.2) is 17.2 Å². The monoisotopic (exact) mass is 354 g/mol. The van der Waals surface area contributed by atoms with Crippen LogP contribution in [0.25, 0.3) is 0 Å². The summed E-state index contributed by atoms with van der Waals surface area (Å²) in [7, 11) is -3.80. The van der Waals surface area contributed by atoms with Crippen LogP contribution in [0.2, 0.25) is 0 Å². The Kier molecular flexibility index (Phi) is 5.50. The van der Waals surface area contributed by atoms with E-state index in [0.29, 0.717) is 11.6 Å². The summed E-state index contributed by atoms with van der Waals surface area (Å²) in [5, 5.41) is 2.56. The lowest BCUT2D eigenvalue weighted by molar-refractivity contribution is 0.0955. The molecule has 0 radical (unpaired) electrons. The molecule has 0 unspecified atom stereocenters. The highest BCUT2D eigenvalue weighted by atomic mass is 32.2. The summed E-state index contributed by atoms with van der Waals surface area (Å²) in [4.78, 5) is 11.9. The zero-order chi connectivity index (χ0) is 17.7. The lowest BCUT2D eigenvalue weighted by Gasteiger charge is -2.23. The van der Waals surface area contributed by atoms with E-state index < -0.39 is 21.7 Å². The molecule has 0 aliphatic carbocycles. The maximum absolute atomic E-state index is 13.8. The van der Waals surface area contributed by atoms with E-state index in [4.69, 9.17) is 0 Å². The fourth-order valence-corrected chi connectivity index (χ4v) is 3.04. The van der Waals surface area contributed by atoms with E-state index >= 15 is 0 Å². The molecule has 1 N–H and O–H groups in total. The minimum atomic E-state index is -3.80. The van der Waals surface area contributed by atoms with Crippen LogP contribution in [0.4, 0.5) is 14.5 Å². The van der Waals surface area contributed by atoms with Gasteiger partial charge in [-0.2, -0.15) is 0 Å². The molecule has 8 heteroatoms. The number of sulfonamides is 1. The highest BCUT2D eigenvalue weighted by molar-refractivity contribution is 7.92. The quantitative estimate of drug-likeness (QED) is 0.864. The van der Waals surface area contributed by atoms with Gasteiger partial charge in [0.05, 0.1) is 18.5 Å². The van der Waals surface area contributed by atoms with Crippen molar-refractivity contribution in [2.24, 2.45) is 0 Å². The van der Waals surface area contributed by atoms with Crippen molar-refractivity contribution in [3.8, 4) is 0 Å². The number of hydrogen-bond acceptors (Lipinski definition) is 3. The maximum Gasteiger partial charge on any atom is 0.251 e. The van der Waals surface area contributed by atoms with E-state index in [0.717, 1.165) is 22.7 Å². The van der Waals surface area contributed by atoms with Crippen molar-refractivity contribution in [3.63, 3.8) is 0 Å². The van der Waals surface area contributed by atoms with Gasteiger partial charge in [-0.3, -0.25) is 9.10 Å². The van der Waals surface area contributed by atoms with Gasteiger partial charge in [0.15, 0.2) is 0 Å². The molecule has 0 atom stereocenters. The second-order valence-corrected chi connectivity index (χ2v) is 6.96. The van der Waals surface area contributed by atoms with Gasteiger partial charge in [0.25, 0.3) is 5.91 Å². The molecule has 1 amide bonds. The highest BCUT2D eigenvalue weighted by Crippen LogP contribution is 2.22. The lowest BCUT2D eigenvalue weighted by atomic mass is 10.2. The summed E-state index contributed by atoms with van der Waals surface area (Å²) in [5.74, 6) is -2.17. The van der Waals surface area contributed by atoms with Gasteiger partial charge in [0, 0.05) is 18.2 Å². The number of halogens is 2. The van der Waals surface area contributed by atoms with E-state index in [-0.39, 0.29) is 24.7 Å². The van der Waals surface area contributed by atoms with Gasteiger partial charge in [-0.1, -0.05) is 18.2 Å². The Hall–Kier alpha value is -2.48. The van der Waals surface area contributed by atoms with Crippen molar-refractivity contribution >= 4 is 21.6 Å². The van der Waals surface area contributed by atoms with E-state index in [1.54, 1.807) is 30.3 Å². The van der Waals surface area contributed by atoms with Crippen molar-refractivity contribution in [1.29, 1.82) is 0 Å². The Morgan fingerprint density at radius 3 is 2.38 bits per heavy atom. The Morgan fingerprint density at radius 1 is 1.12 bits per heavy atom. The second-order valence-electron chi connectivity index (χ2n) is 5.05. The SMILES string of the molecule is CS(=O)(=O)N(CCNC(=O)c1ccccc1)c1ccc(F)cc1F. The predicted molar refractivity (Wildman–Crippen MR) is 87.3 cm³/mol. The number of carbonyl (C=O) groups excluding carboxylic acids is 1. The smallest absolute Gasteiger partial charge is 0.251 e. The molecule has 0 saturated heterocycles. The Labute approximate surface area is 139 Å². The number of amides is 1. The molecule has 5 nitrogen and oxygen atoms in total. The zero-order valence-corrected chi connectivity index (χ0v) is 13.7. The number of benzene rings is 2. The number of hydrogen-bond donors (Lipinski definition) is 1. The summed E-state index contributed by atoms with van der Waals surface area (Å²) >= 11 is 0. The molecule has 0 aliphatic heterocycles. The molecule has 2 aromatic rings. The van der Waals surface area contributed by atoms with Crippen LogP contribution in [-0.4, -0.2) is 33.7 Å². The first-order valence-electron chi connectivity index (χ1n) is 7.05. The van der Waals surface area contributed by atoms with Crippen LogP contribution in [0, 0.1) is 11.6 Å². The molecule has 0 spiro atoms. The maximum atomic E-state index is 13.8. The average molecular weight is 354 g/mol. The average Bonchev–Trinajstić information content (AvgIpc) is 2.52. The number of anilines is 1. The van der Waals surface area contributed by atoms with Crippen LogP contribution in [0.1, 0.15) is 10.4 Å². The molecule has 0 aliphatic rings. The Balaban J connectivity index is 2.09. The third-order valence-electron chi connectivity index (χ3n) is 3.22. The molecule has 0 saturated carbocycles. The summed E-state index contributed by atoms with van der Waals surface area (Å²) < 4.78 is 51.4. The largest absolute Gasteiger partial charge is 0.350 e. The summed E-state index contributed by atoms with van der Waals surface area (Å²) in [5.41, 5.74) is 0.157. The van der Waals surface area contributed by atoms with Crippen LogP contribution in [-0.2, 0) is 10.0 Å². The third-order valence-corrected chi connectivity index (χ3v) is 4.40. The lowest BCUT2D eigenvalue weighted by Crippen LogP contribution is -2.38. The molecular formula is C16H16F2N2O3S. The number of nitrogens with one attached hydrogen (secondary N) is 1. The van der Waals surface area contributed by atoms with Crippen LogP contribution < -0.4 is 9.62 Å². The molecule has 2 aromatic carbocycles. The van der Waals surface area contributed by atoms with E-state index in [1.807, 2.05) is 0 Å². The van der Waals surface area contributed by atoms with Crippen LogP contribution in [0.5, 0.6) is 0 Å². The summed E-state index contributed by atoms with van der Waals surface area (Å²) in [6.45, 7) is -0.211. The van der Waals surface area contributed by atoms with Gasteiger partial charge in [-0.15, -0.1) is 0 Å². The minimum absolute atomic E-state index is 0.0301. The molecule has 0 fully saturated rings. The normalized spacial score (nSPS) is 11.1. The second kappa shape index (κ2) is 7.39. The van der Waals surface area contributed by atoms with Crippen molar-refractivity contribution < 1.29 is 22.0 Å². The highest BCUT2D eigenvalue weighted by Gasteiger charge is 2.21. The topological polar surface area (TPSA) is 66.5 Å². The van der Waals surface area contributed by atoms with Gasteiger partial charge >= 0.3 is 0 Å². The van der Waals surface area contributed by atoms with Gasteiger partial charge in [0.1, 0.15) is 11.6 Å². The van der Waals surface area contributed by atoms with Gasteiger partial charge in [-0.05, 0) is 24.3 Å². The molecule has 128 valence electrons. The van der Waals surface area contributed by atoms with Crippen molar-refractivity contribution in [3.05, 3.63) is 65.7 Å². The predicted octanol–water partition coefficient (Wildman–Crippen LogP) is 2.16. The molecule has 2 rings (SSSR count). The minimum Gasteiger partial charge on any atom is -0.350 e. The molecule has 0 aromatic heterocycles. The van der Waals surface area contributed by atoms with E-state index in [9.17, 15) is 22.0 Å². The molecule has 24 heavy (non-hydrogen) atoms. The van der Waals surface area contributed by atoms with Crippen LogP contribution in [0.3, 0.4) is 0 Å². The first-order chi connectivity index (χ1) is 11.3. The fourth-order valence-electron chi connectivity index (χ4n) is 2.11. The van der Waals surface area contributed by atoms with E-state index in [1.165, 1.54) is 0 Å². The Morgan fingerprint density at radius 2 is 1.79 bits per heavy atom. The van der Waals surface area contributed by atoms with Crippen molar-refractivity contribution in [2.45, 2.75) is 0 Å². The summed E-state index contributed by atoms with van der Waals surface area (Å²) in [6, 6.07) is 11.0. The third kappa shape index (κ3) is 4.51. The zero-order valence-electron chi connectivity index (χ0n) is 12.9. The van der Waals surface area contributed by atoms with Gasteiger partial charge in [0.2, 0.25) is 10.0 Å².